The maximum absolute atomic E-state index is 12.7. The summed E-state index contributed by atoms with van der Waals surface area (Å²) in [6.07, 6.45) is 7.90. The van der Waals surface area contributed by atoms with Crippen molar-refractivity contribution in [3.63, 3.8) is 0 Å². The van der Waals surface area contributed by atoms with E-state index in [1.807, 2.05) is 35.0 Å². The fraction of sp³-hybridized carbons (Fsp3) is 0.412. The summed E-state index contributed by atoms with van der Waals surface area (Å²) >= 11 is 0. The first kappa shape index (κ1) is 18.4. The number of nitrogens with one attached hydrogen (secondary N) is 2. The van der Waals surface area contributed by atoms with E-state index in [9.17, 15) is 13.2 Å². The minimum atomic E-state index is -3.20. The minimum Gasteiger partial charge on any atom is -0.338 e. The third-order valence-corrected chi connectivity index (χ3v) is 5.05. The molecule has 2 N–H and O–H groups in total. The highest BCUT2D eigenvalue weighted by Crippen LogP contribution is 2.31. The number of hydrogen-bond donors (Lipinski definition) is 2. The number of urea groups is 1. The van der Waals surface area contributed by atoms with Crippen LogP contribution in [0.1, 0.15) is 18.0 Å². The first-order valence-electron chi connectivity index (χ1n) is 8.49. The maximum atomic E-state index is 12.7. The lowest BCUT2D eigenvalue weighted by Gasteiger charge is -2.35. The Morgan fingerprint density at radius 3 is 2.85 bits per heavy atom. The molecule has 1 aliphatic heterocycles. The second kappa shape index (κ2) is 7.88. The molecule has 3 rings (SSSR count). The quantitative estimate of drug-likeness (QED) is 0.738. The van der Waals surface area contributed by atoms with Crippen molar-refractivity contribution in [2.45, 2.75) is 18.9 Å². The first-order chi connectivity index (χ1) is 12.4. The molecule has 0 radical (unpaired) electrons. The lowest BCUT2D eigenvalue weighted by Crippen LogP contribution is -2.46. The van der Waals surface area contributed by atoms with E-state index in [1.54, 1.807) is 17.4 Å². The number of benzene rings is 1. The SMILES string of the molecule is CS(=O)(=O)NCCCNC(=O)N1CC(n2ccnc2)Cc2ccccc21. The zero-order valence-corrected chi connectivity index (χ0v) is 15.4. The van der Waals surface area contributed by atoms with Crippen LogP contribution in [0.25, 0.3) is 0 Å². The van der Waals surface area contributed by atoms with Crippen LogP contribution in [0.4, 0.5) is 10.5 Å². The number of rotatable bonds is 6. The molecule has 2 heterocycles. The molecule has 0 saturated carbocycles. The van der Waals surface area contributed by atoms with Crippen LogP contribution in [-0.2, 0) is 16.4 Å². The lowest BCUT2D eigenvalue weighted by molar-refractivity contribution is 0.244. The summed E-state index contributed by atoms with van der Waals surface area (Å²) in [5.41, 5.74) is 2.03. The van der Waals surface area contributed by atoms with Gasteiger partial charge in [-0.25, -0.2) is 22.9 Å². The largest absolute Gasteiger partial charge is 0.338 e. The zero-order valence-electron chi connectivity index (χ0n) is 14.6. The molecular weight excluding hydrogens is 354 g/mol. The summed E-state index contributed by atoms with van der Waals surface area (Å²) in [4.78, 5) is 18.5. The number of aromatic nitrogens is 2. The molecule has 9 heteroatoms. The minimum absolute atomic E-state index is 0.130. The van der Waals surface area contributed by atoms with Crippen molar-refractivity contribution in [2.75, 3.05) is 30.8 Å². The van der Waals surface area contributed by atoms with E-state index >= 15 is 0 Å². The summed E-state index contributed by atoms with van der Waals surface area (Å²) in [6, 6.07) is 7.83. The number of anilines is 1. The molecule has 1 atom stereocenters. The standard InChI is InChI=1S/C17H23N5O3S/c1-26(24,25)20-8-4-7-19-17(23)22-12-15(21-10-9-18-13-21)11-14-5-2-3-6-16(14)22/h2-3,5-6,9-10,13,15,20H,4,7-8,11-12H2,1H3,(H,19,23). The first-order valence-corrected chi connectivity index (χ1v) is 10.4. The van der Waals surface area contributed by atoms with Crippen molar-refractivity contribution >= 4 is 21.7 Å². The van der Waals surface area contributed by atoms with Crippen LogP contribution < -0.4 is 14.9 Å². The molecule has 26 heavy (non-hydrogen) atoms. The van der Waals surface area contributed by atoms with E-state index < -0.39 is 10.0 Å². The Hall–Kier alpha value is -2.39. The van der Waals surface area contributed by atoms with Crippen molar-refractivity contribution in [3.05, 3.63) is 48.5 Å². The molecule has 1 aromatic carbocycles. The molecule has 0 aliphatic carbocycles. The van der Waals surface area contributed by atoms with E-state index in [0.717, 1.165) is 23.9 Å². The van der Waals surface area contributed by atoms with Gasteiger partial charge in [0.1, 0.15) is 0 Å². The number of carbonyl (C=O) groups is 1. The van der Waals surface area contributed by atoms with Crippen molar-refractivity contribution in [1.82, 2.24) is 19.6 Å². The number of carbonyl (C=O) groups excluding carboxylic acids is 1. The lowest BCUT2D eigenvalue weighted by atomic mass is 9.98. The van der Waals surface area contributed by atoms with Gasteiger partial charge in [0, 0.05) is 37.7 Å². The summed E-state index contributed by atoms with van der Waals surface area (Å²) in [7, 11) is -3.20. The average molecular weight is 377 g/mol. The number of hydrogen-bond acceptors (Lipinski definition) is 4. The van der Waals surface area contributed by atoms with E-state index in [1.165, 1.54) is 0 Å². The van der Waals surface area contributed by atoms with Gasteiger partial charge in [-0.15, -0.1) is 0 Å². The van der Waals surface area contributed by atoms with Crippen LogP contribution in [0.3, 0.4) is 0 Å². The van der Waals surface area contributed by atoms with Crippen molar-refractivity contribution < 1.29 is 13.2 Å². The van der Waals surface area contributed by atoms with Gasteiger partial charge < -0.3 is 9.88 Å². The van der Waals surface area contributed by atoms with Crippen LogP contribution in [0, 0.1) is 0 Å². The summed E-state index contributed by atoms with van der Waals surface area (Å²) in [5.74, 6) is 0. The van der Waals surface area contributed by atoms with Gasteiger partial charge in [0.15, 0.2) is 0 Å². The second-order valence-electron chi connectivity index (χ2n) is 6.36. The molecule has 1 unspecified atom stereocenters. The predicted octanol–water partition coefficient (Wildman–Crippen LogP) is 1.14. The van der Waals surface area contributed by atoms with E-state index in [2.05, 4.69) is 15.0 Å². The molecule has 8 nitrogen and oxygen atoms in total. The molecule has 140 valence electrons. The normalized spacial score (nSPS) is 17.0. The van der Waals surface area contributed by atoms with Gasteiger partial charge in [0.05, 0.1) is 18.6 Å². The third-order valence-electron chi connectivity index (χ3n) is 4.32. The predicted molar refractivity (Wildman–Crippen MR) is 99.6 cm³/mol. The maximum Gasteiger partial charge on any atom is 0.321 e. The summed E-state index contributed by atoms with van der Waals surface area (Å²) < 4.78 is 26.5. The van der Waals surface area contributed by atoms with Gasteiger partial charge in [0.2, 0.25) is 10.0 Å². The molecule has 0 spiro atoms. The monoisotopic (exact) mass is 377 g/mol. The van der Waals surface area contributed by atoms with Crippen LogP contribution in [0.15, 0.2) is 43.0 Å². The van der Waals surface area contributed by atoms with Gasteiger partial charge in [-0.2, -0.15) is 0 Å². The van der Waals surface area contributed by atoms with Gasteiger partial charge in [0.25, 0.3) is 0 Å². The van der Waals surface area contributed by atoms with Gasteiger partial charge in [-0.1, -0.05) is 18.2 Å². The summed E-state index contributed by atoms with van der Waals surface area (Å²) in [5, 5.41) is 2.87. The summed E-state index contributed by atoms with van der Waals surface area (Å²) in [6.45, 7) is 1.25. The molecule has 0 saturated heterocycles. The highest BCUT2D eigenvalue weighted by atomic mass is 32.2. The Bertz CT molecular complexity index is 851. The van der Waals surface area contributed by atoms with Crippen LogP contribution in [0.5, 0.6) is 0 Å². The molecule has 2 amide bonds. The van der Waals surface area contributed by atoms with Crippen LogP contribution in [0.2, 0.25) is 0 Å². The Morgan fingerprint density at radius 1 is 1.31 bits per heavy atom. The van der Waals surface area contributed by atoms with E-state index in [-0.39, 0.29) is 12.1 Å². The van der Waals surface area contributed by atoms with E-state index in [0.29, 0.717) is 26.1 Å². The van der Waals surface area contributed by atoms with Crippen molar-refractivity contribution in [1.29, 1.82) is 0 Å². The van der Waals surface area contributed by atoms with Gasteiger partial charge >= 0.3 is 6.03 Å². The Kier molecular flexibility index (Phi) is 5.58. The molecule has 0 fully saturated rings. The number of para-hydroxylation sites is 1. The zero-order chi connectivity index (χ0) is 18.6. The molecule has 0 bridgehead atoms. The highest BCUT2D eigenvalue weighted by Gasteiger charge is 2.28. The van der Waals surface area contributed by atoms with Crippen molar-refractivity contribution in [2.24, 2.45) is 0 Å². The average Bonchev–Trinajstić information content (AvgIpc) is 3.14. The number of imidazole rings is 1. The molecular formula is C17H23N5O3S. The third kappa shape index (κ3) is 4.61. The number of amides is 2. The number of fused-ring (bicyclic) bond motifs is 1. The fourth-order valence-corrected chi connectivity index (χ4v) is 3.60. The number of nitrogens with zero attached hydrogens (tertiary/aromatic N) is 3. The Balaban J connectivity index is 1.64. The smallest absolute Gasteiger partial charge is 0.321 e. The topological polar surface area (TPSA) is 96.3 Å². The van der Waals surface area contributed by atoms with Crippen LogP contribution >= 0.6 is 0 Å². The van der Waals surface area contributed by atoms with Gasteiger partial charge in [-0.05, 0) is 24.5 Å². The number of sulfonamides is 1. The Labute approximate surface area is 153 Å². The van der Waals surface area contributed by atoms with Gasteiger partial charge in [-0.3, -0.25) is 4.90 Å². The van der Waals surface area contributed by atoms with Crippen molar-refractivity contribution in [3.8, 4) is 0 Å². The highest BCUT2D eigenvalue weighted by molar-refractivity contribution is 7.88. The molecule has 1 aromatic heterocycles. The van der Waals surface area contributed by atoms with Crippen LogP contribution in [-0.4, -0.2) is 49.9 Å². The molecule has 1 aliphatic rings. The fourth-order valence-electron chi connectivity index (χ4n) is 3.09. The Morgan fingerprint density at radius 2 is 2.12 bits per heavy atom. The molecule has 2 aromatic rings. The second-order valence-corrected chi connectivity index (χ2v) is 8.19. The van der Waals surface area contributed by atoms with E-state index in [4.69, 9.17) is 0 Å².